The molecule has 4 aromatic rings. The summed E-state index contributed by atoms with van der Waals surface area (Å²) in [6.07, 6.45) is 1.88. The van der Waals surface area contributed by atoms with Crippen LogP contribution in [0.4, 0.5) is 0 Å². The fraction of sp³-hybridized carbons (Fsp3) is 0.233. The Hall–Kier alpha value is -3.97. The fourth-order valence-corrected chi connectivity index (χ4v) is 5.72. The number of benzene rings is 3. The van der Waals surface area contributed by atoms with E-state index in [1.54, 1.807) is 18.4 Å². The Kier molecular flexibility index (Phi) is 6.80. The normalized spacial score (nSPS) is 15.5. The zero-order valence-electron chi connectivity index (χ0n) is 21.3. The van der Waals surface area contributed by atoms with Crippen LogP contribution in [0.3, 0.4) is 0 Å². The van der Waals surface area contributed by atoms with Crippen LogP contribution < -0.4 is 19.6 Å². The molecule has 1 aliphatic rings. The molecule has 37 heavy (non-hydrogen) atoms. The van der Waals surface area contributed by atoms with E-state index < -0.39 is 12.0 Å². The molecule has 1 atom stereocenters. The van der Waals surface area contributed by atoms with Gasteiger partial charge in [0.05, 0.1) is 35.1 Å². The van der Waals surface area contributed by atoms with Crippen molar-refractivity contribution in [3.63, 3.8) is 0 Å². The molecular formula is C30H28N2O4S. The Balaban J connectivity index is 1.77. The number of esters is 1. The molecule has 188 valence electrons. The van der Waals surface area contributed by atoms with E-state index in [0.717, 1.165) is 27.5 Å². The van der Waals surface area contributed by atoms with Crippen molar-refractivity contribution in [1.29, 1.82) is 0 Å². The van der Waals surface area contributed by atoms with Gasteiger partial charge in [0.15, 0.2) is 4.80 Å². The number of carbonyl (C=O) groups excluding carboxylic acids is 1. The molecule has 2 heterocycles. The van der Waals surface area contributed by atoms with Gasteiger partial charge >= 0.3 is 5.97 Å². The van der Waals surface area contributed by atoms with Gasteiger partial charge in [-0.2, -0.15) is 0 Å². The van der Waals surface area contributed by atoms with Crippen molar-refractivity contribution in [3.05, 3.63) is 108 Å². The molecule has 0 saturated heterocycles. The van der Waals surface area contributed by atoms with Crippen molar-refractivity contribution in [2.75, 3.05) is 13.2 Å². The Bertz CT molecular complexity index is 1710. The summed E-state index contributed by atoms with van der Waals surface area (Å²) < 4.78 is 13.4. The molecule has 0 saturated carbocycles. The molecule has 5 rings (SSSR count). The van der Waals surface area contributed by atoms with Gasteiger partial charge in [-0.1, -0.05) is 71.5 Å². The SMILES string of the molecule is CCOC(=O)C1=C(C)N=c2s/c(=C\c3c(OCC)ccc4ccccc34)c(=O)n2[C@@H]1c1ccc(C)cc1. The minimum absolute atomic E-state index is 0.209. The highest BCUT2D eigenvalue weighted by Crippen LogP contribution is 2.31. The van der Waals surface area contributed by atoms with Gasteiger partial charge in [0, 0.05) is 5.56 Å². The smallest absolute Gasteiger partial charge is 0.338 e. The maximum absolute atomic E-state index is 14.0. The first kappa shape index (κ1) is 24.7. The lowest BCUT2D eigenvalue weighted by Crippen LogP contribution is -2.39. The molecule has 0 N–H and O–H groups in total. The van der Waals surface area contributed by atoms with Gasteiger partial charge in [0.25, 0.3) is 5.56 Å². The number of rotatable bonds is 6. The van der Waals surface area contributed by atoms with Crippen LogP contribution in [0.1, 0.15) is 43.5 Å². The molecule has 0 spiro atoms. The van der Waals surface area contributed by atoms with E-state index in [9.17, 15) is 9.59 Å². The predicted octanol–water partition coefficient (Wildman–Crippen LogP) is 4.66. The van der Waals surface area contributed by atoms with Gasteiger partial charge in [0.2, 0.25) is 0 Å². The maximum atomic E-state index is 14.0. The van der Waals surface area contributed by atoms with E-state index in [1.165, 1.54) is 11.3 Å². The van der Waals surface area contributed by atoms with E-state index in [-0.39, 0.29) is 12.2 Å². The lowest BCUT2D eigenvalue weighted by molar-refractivity contribution is -0.139. The summed E-state index contributed by atoms with van der Waals surface area (Å²) in [5.74, 6) is 0.252. The number of hydrogen-bond donors (Lipinski definition) is 0. The highest BCUT2D eigenvalue weighted by molar-refractivity contribution is 7.07. The van der Waals surface area contributed by atoms with Crippen LogP contribution in [0.25, 0.3) is 16.8 Å². The summed E-state index contributed by atoms with van der Waals surface area (Å²) in [6, 6.07) is 19.2. The van der Waals surface area contributed by atoms with E-state index >= 15 is 0 Å². The average molecular weight is 513 g/mol. The number of ether oxygens (including phenoxy) is 2. The zero-order valence-corrected chi connectivity index (χ0v) is 22.1. The summed E-state index contributed by atoms with van der Waals surface area (Å²) >= 11 is 1.31. The molecular weight excluding hydrogens is 484 g/mol. The molecule has 0 radical (unpaired) electrons. The molecule has 0 bridgehead atoms. The number of carbonyl (C=O) groups is 1. The summed E-state index contributed by atoms with van der Waals surface area (Å²) in [5.41, 5.74) is 3.49. The van der Waals surface area contributed by atoms with Gasteiger partial charge < -0.3 is 9.47 Å². The van der Waals surface area contributed by atoms with Crippen LogP contribution >= 0.6 is 11.3 Å². The highest BCUT2D eigenvalue weighted by Gasteiger charge is 2.33. The molecule has 1 aromatic heterocycles. The second kappa shape index (κ2) is 10.2. The summed E-state index contributed by atoms with van der Waals surface area (Å²) in [4.78, 5) is 32.3. The van der Waals surface area contributed by atoms with Crippen molar-refractivity contribution in [1.82, 2.24) is 4.57 Å². The third-order valence-electron chi connectivity index (χ3n) is 6.42. The number of thiazole rings is 1. The molecule has 0 unspecified atom stereocenters. The standard InChI is InChI=1S/C30H28N2O4S/c1-5-35-24-16-15-20-9-7-8-10-22(20)23(24)17-25-28(33)32-27(21-13-11-18(3)12-14-21)26(29(34)36-6-2)19(4)31-30(32)37-25/h7-17,27H,5-6H2,1-4H3/b25-17-/t27-/m1/s1. The van der Waals surface area contributed by atoms with Gasteiger partial charge in [-0.25, -0.2) is 9.79 Å². The maximum Gasteiger partial charge on any atom is 0.338 e. The van der Waals surface area contributed by atoms with Crippen LogP contribution in [-0.4, -0.2) is 23.8 Å². The number of nitrogens with zero attached hydrogens (tertiary/aromatic N) is 2. The largest absolute Gasteiger partial charge is 0.493 e. The minimum Gasteiger partial charge on any atom is -0.493 e. The van der Waals surface area contributed by atoms with Gasteiger partial charge in [-0.15, -0.1) is 0 Å². The Morgan fingerprint density at radius 2 is 1.78 bits per heavy atom. The lowest BCUT2D eigenvalue weighted by atomic mass is 9.95. The number of fused-ring (bicyclic) bond motifs is 2. The monoisotopic (exact) mass is 512 g/mol. The second-order valence-corrected chi connectivity index (χ2v) is 9.85. The fourth-order valence-electron chi connectivity index (χ4n) is 4.69. The minimum atomic E-state index is -0.628. The van der Waals surface area contributed by atoms with Gasteiger partial charge in [-0.3, -0.25) is 9.36 Å². The first-order chi connectivity index (χ1) is 17.9. The van der Waals surface area contributed by atoms with Crippen molar-refractivity contribution < 1.29 is 14.3 Å². The molecule has 7 heteroatoms. The topological polar surface area (TPSA) is 69.9 Å². The number of allylic oxidation sites excluding steroid dienone is 1. The first-order valence-electron chi connectivity index (χ1n) is 12.3. The van der Waals surface area contributed by atoms with Crippen LogP contribution in [0, 0.1) is 6.92 Å². The van der Waals surface area contributed by atoms with Gasteiger partial charge in [-0.05, 0) is 56.2 Å². The van der Waals surface area contributed by atoms with Crippen molar-refractivity contribution >= 4 is 34.2 Å². The molecule has 0 aliphatic carbocycles. The second-order valence-electron chi connectivity index (χ2n) is 8.84. The van der Waals surface area contributed by atoms with Crippen LogP contribution in [-0.2, 0) is 9.53 Å². The summed E-state index contributed by atoms with van der Waals surface area (Å²) in [5, 5.41) is 2.06. The van der Waals surface area contributed by atoms with E-state index in [2.05, 4.69) is 4.99 Å². The Morgan fingerprint density at radius 1 is 1.03 bits per heavy atom. The third-order valence-corrected chi connectivity index (χ3v) is 7.40. The van der Waals surface area contributed by atoms with E-state index in [1.807, 2.05) is 80.6 Å². The lowest BCUT2D eigenvalue weighted by Gasteiger charge is -2.24. The Morgan fingerprint density at radius 3 is 2.51 bits per heavy atom. The predicted molar refractivity (Wildman–Crippen MR) is 147 cm³/mol. The van der Waals surface area contributed by atoms with Crippen LogP contribution in [0.15, 0.2) is 81.7 Å². The molecule has 0 fully saturated rings. The van der Waals surface area contributed by atoms with Crippen molar-refractivity contribution in [2.24, 2.45) is 4.99 Å². The van der Waals surface area contributed by atoms with E-state index in [4.69, 9.17) is 9.47 Å². The van der Waals surface area contributed by atoms with Crippen molar-refractivity contribution in [2.45, 2.75) is 33.7 Å². The molecule has 0 amide bonds. The molecule has 6 nitrogen and oxygen atoms in total. The number of aryl methyl sites for hydroxylation is 1. The third kappa shape index (κ3) is 4.51. The van der Waals surface area contributed by atoms with Gasteiger partial charge in [0.1, 0.15) is 5.75 Å². The van der Waals surface area contributed by atoms with E-state index in [0.29, 0.717) is 33.0 Å². The van der Waals surface area contributed by atoms with Crippen molar-refractivity contribution in [3.8, 4) is 5.75 Å². The number of hydrogen-bond acceptors (Lipinski definition) is 6. The average Bonchev–Trinajstić information content (AvgIpc) is 3.19. The zero-order chi connectivity index (χ0) is 26.1. The van der Waals surface area contributed by atoms with Crippen LogP contribution in [0.2, 0.25) is 0 Å². The summed E-state index contributed by atoms with van der Waals surface area (Å²) in [6.45, 7) is 8.25. The molecule has 3 aromatic carbocycles. The first-order valence-corrected chi connectivity index (χ1v) is 13.1. The summed E-state index contributed by atoms with van der Waals surface area (Å²) in [7, 11) is 0. The quantitative estimate of drug-likeness (QED) is 0.353. The number of aromatic nitrogens is 1. The van der Waals surface area contributed by atoms with Crippen LogP contribution in [0.5, 0.6) is 5.75 Å². The Labute approximate surface area is 218 Å². The molecule has 1 aliphatic heterocycles. The highest BCUT2D eigenvalue weighted by atomic mass is 32.1.